The summed E-state index contributed by atoms with van der Waals surface area (Å²) in [4.78, 5) is 13.8. The van der Waals surface area contributed by atoms with Gasteiger partial charge in [0, 0.05) is 24.5 Å². The number of carbonyl (C=O) groups excluding carboxylic acids is 1. The second-order valence-corrected chi connectivity index (χ2v) is 4.70. The summed E-state index contributed by atoms with van der Waals surface area (Å²) < 4.78 is 0. The Bertz CT molecular complexity index is 201. The molecule has 0 spiro atoms. The molecule has 3 heteroatoms. The lowest BCUT2D eigenvalue weighted by Crippen LogP contribution is -2.40. The number of rotatable bonds is 3. The van der Waals surface area contributed by atoms with Crippen molar-refractivity contribution in [3.05, 3.63) is 0 Å². The van der Waals surface area contributed by atoms with E-state index < -0.39 is 0 Å². The maximum Gasteiger partial charge on any atom is 0.225 e. The molecule has 2 atom stereocenters. The van der Waals surface area contributed by atoms with Crippen molar-refractivity contribution in [2.24, 2.45) is 11.7 Å². The molecule has 0 aromatic heterocycles. The van der Waals surface area contributed by atoms with Crippen molar-refractivity contribution in [1.29, 1.82) is 0 Å². The van der Waals surface area contributed by atoms with Gasteiger partial charge in [-0.3, -0.25) is 4.79 Å². The van der Waals surface area contributed by atoms with Crippen LogP contribution < -0.4 is 5.73 Å². The molecular weight excluding hydrogens is 176 g/mol. The minimum absolute atomic E-state index is 0.115. The van der Waals surface area contributed by atoms with Crippen LogP contribution in [0.1, 0.15) is 40.0 Å². The lowest BCUT2D eigenvalue weighted by atomic mass is 10.1. The van der Waals surface area contributed by atoms with Crippen LogP contribution in [0.5, 0.6) is 0 Å². The molecule has 1 amide bonds. The van der Waals surface area contributed by atoms with Crippen molar-refractivity contribution in [2.75, 3.05) is 6.54 Å². The van der Waals surface area contributed by atoms with Gasteiger partial charge >= 0.3 is 0 Å². The smallest absolute Gasteiger partial charge is 0.225 e. The van der Waals surface area contributed by atoms with Gasteiger partial charge in [0.05, 0.1) is 0 Å². The Hall–Kier alpha value is -0.570. The number of amides is 1. The monoisotopic (exact) mass is 198 g/mol. The van der Waals surface area contributed by atoms with Crippen LogP contribution in [0.3, 0.4) is 0 Å². The van der Waals surface area contributed by atoms with E-state index in [1.165, 1.54) is 0 Å². The van der Waals surface area contributed by atoms with Gasteiger partial charge in [-0.2, -0.15) is 0 Å². The van der Waals surface area contributed by atoms with E-state index in [0.717, 1.165) is 25.8 Å². The predicted octanol–water partition coefficient (Wildman–Crippen LogP) is 1.37. The van der Waals surface area contributed by atoms with Crippen LogP contribution in [0.4, 0.5) is 0 Å². The van der Waals surface area contributed by atoms with E-state index in [9.17, 15) is 4.79 Å². The largest absolute Gasteiger partial charge is 0.339 e. The Morgan fingerprint density at radius 3 is 2.64 bits per heavy atom. The fourth-order valence-electron chi connectivity index (χ4n) is 2.13. The average molecular weight is 198 g/mol. The Morgan fingerprint density at radius 1 is 1.50 bits per heavy atom. The van der Waals surface area contributed by atoms with E-state index in [1.54, 1.807) is 0 Å². The van der Waals surface area contributed by atoms with Crippen LogP contribution in [-0.4, -0.2) is 29.4 Å². The SMILES string of the molecule is CC(N)CC1CCCN1C(=O)C(C)C. The van der Waals surface area contributed by atoms with Crippen molar-refractivity contribution in [3.63, 3.8) is 0 Å². The molecule has 1 aliphatic rings. The summed E-state index contributed by atoms with van der Waals surface area (Å²) >= 11 is 0. The highest BCUT2D eigenvalue weighted by atomic mass is 16.2. The van der Waals surface area contributed by atoms with Crippen LogP contribution >= 0.6 is 0 Å². The summed E-state index contributed by atoms with van der Waals surface area (Å²) in [5.74, 6) is 0.400. The molecule has 14 heavy (non-hydrogen) atoms. The lowest BCUT2D eigenvalue weighted by Gasteiger charge is -2.27. The Labute approximate surface area is 86.6 Å². The zero-order chi connectivity index (χ0) is 10.7. The standard InChI is InChI=1S/C11H22N2O/c1-8(2)11(14)13-6-4-5-10(13)7-9(3)12/h8-10H,4-7,12H2,1-3H3. The molecule has 0 saturated carbocycles. The predicted molar refractivity (Wildman–Crippen MR) is 57.8 cm³/mol. The van der Waals surface area contributed by atoms with Gasteiger partial charge < -0.3 is 10.6 Å². The molecule has 3 nitrogen and oxygen atoms in total. The zero-order valence-corrected chi connectivity index (χ0v) is 9.49. The van der Waals surface area contributed by atoms with E-state index in [0.29, 0.717) is 6.04 Å². The van der Waals surface area contributed by atoms with Crippen molar-refractivity contribution in [3.8, 4) is 0 Å². The highest BCUT2D eigenvalue weighted by molar-refractivity contribution is 5.78. The molecule has 2 unspecified atom stereocenters. The van der Waals surface area contributed by atoms with Crippen LogP contribution in [-0.2, 0) is 4.79 Å². The molecule has 2 N–H and O–H groups in total. The maximum absolute atomic E-state index is 11.8. The fourth-order valence-corrected chi connectivity index (χ4v) is 2.13. The zero-order valence-electron chi connectivity index (χ0n) is 9.49. The number of hydrogen-bond donors (Lipinski definition) is 1. The van der Waals surface area contributed by atoms with E-state index in [-0.39, 0.29) is 17.9 Å². The summed E-state index contributed by atoms with van der Waals surface area (Å²) in [5.41, 5.74) is 5.77. The first-order valence-corrected chi connectivity index (χ1v) is 5.58. The normalized spacial score (nSPS) is 24.4. The van der Waals surface area contributed by atoms with E-state index in [1.807, 2.05) is 25.7 Å². The molecule has 0 radical (unpaired) electrons. The van der Waals surface area contributed by atoms with Crippen LogP contribution in [0.2, 0.25) is 0 Å². The molecular formula is C11H22N2O. The van der Waals surface area contributed by atoms with E-state index in [4.69, 9.17) is 5.73 Å². The first-order valence-electron chi connectivity index (χ1n) is 5.58. The number of likely N-dealkylation sites (tertiary alicyclic amines) is 1. The number of nitrogens with two attached hydrogens (primary N) is 1. The Balaban J connectivity index is 2.55. The Morgan fingerprint density at radius 2 is 2.14 bits per heavy atom. The van der Waals surface area contributed by atoms with Crippen molar-refractivity contribution < 1.29 is 4.79 Å². The minimum Gasteiger partial charge on any atom is -0.339 e. The van der Waals surface area contributed by atoms with Crippen molar-refractivity contribution >= 4 is 5.91 Å². The lowest BCUT2D eigenvalue weighted by molar-refractivity contribution is -0.135. The van der Waals surface area contributed by atoms with Crippen molar-refractivity contribution in [2.45, 2.75) is 52.1 Å². The fraction of sp³-hybridized carbons (Fsp3) is 0.909. The third kappa shape index (κ3) is 2.71. The summed E-state index contributed by atoms with van der Waals surface area (Å²) in [6, 6.07) is 0.588. The Kier molecular flexibility index (Phi) is 3.93. The summed E-state index contributed by atoms with van der Waals surface area (Å²) in [6.45, 7) is 6.86. The molecule has 1 heterocycles. The van der Waals surface area contributed by atoms with Gasteiger partial charge in [-0.1, -0.05) is 13.8 Å². The van der Waals surface area contributed by atoms with E-state index >= 15 is 0 Å². The van der Waals surface area contributed by atoms with Gasteiger partial charge in [-0.25, -0.2) is 0 Å². The third-order valence-electron chi connectivity index (χ3n) is 2.80. The molecule has 0 aliphatic carbocycles. The molecule has 82 valence electrons. The van der Waals surface area contributed by atoms with Crippen LogP contribution in [0.15, 0.2) is 0 Å². The van der Waals surface area contributed by atoms with Gasteiger partial charge in [0.25, 0.3) is 0 Å². The van der Waals surface area contributed by atoms with Crippen molar-refractivity contribution in [1.82, 2.24) is 4.90 Å². The summed E-state index contributed by atoms with van der Waals surface area (Å²) in [5, 5.41) is 0. The molecule has 1 saturated heterocycles. The molecule has 1 fully saturated rings. The second-order valence-electron chi connectivity index (χ2n) is 4.70. The van der Waals surface area contributed by atoms with Gasteiger partial charge in [0.2, 0.25) is 5.91 Å². The highest BCUT2D eigenvalue weighted by Gasteiger charge is 2.30. The molecule has 1 aliphatic heterocycles. The number of nitrogens with zero attached hydrogens (tertiary/aromatic N) is 1. The topological polar surface area (TPSA) is 46.3 Å². The first-order chi connectivity index (χ1) is 6.52. The quantitative estimate of drug-likeness (QED) is 0.744. The first kappa shape index (κ1) is 11.5. The maximum atomic E-state index is 11.8. The third-order valence-corrected chi connectivity index (χ3v) is 2.80. The van der Waals surface area contributed by atoms with Gasteiger partial charge in [-0.05, 0) is 26.2 Å². The van der Waals surface area contributed by atoms with E-state index in [2.05, 4.69) is 0 Å². The molecule has 0 aromatic carbocycles. The van der Waals surface area contributed by atoms with Gasteiger partial charge in [-0.15, -0.1) is 0 Å². The van der Waals surface area contributed by atoms with Gasteiger partial charge in [0.1, 0.15) is 0 Å². The molecule has 0 bridgehead atoms. The summed E-state index contributed by atoms with van der Waals surface area (Å²) in [6.07, 6.45) is 3.20. The molecule has 0 aromatic rings. The minimum atomic E-state index is 0.115. The van der Waals surface area contributed by atoms with Gasteiger partial charge in [0.15, 0.2) is 0 Å². The summed E-state index contributed by atoms with van der Waals surface area (Å²) in [7, 11) is 0. The number of hydrogen-bond acceptors (Lipinski definition) is 2. The number of carbonyl (C=O) groups is 1. The average Bonchev–Trinajstić information content (AvgIpc) is 2.49. The van der Waals surface area contributed by atoms with Crippen LogP contribution in [0, 0.1) is 5.92 Å². The second kappa shape index (κ2) is 4.78. The highest BCUT2D eigenvalue weighted by Crippen LogP contribution is 2.22. The molecule has 1 rings (SSSR count). The van der Waals surface area contributed by atoms with Crippen LogP contribution in [0.25, 0.3) is 0 Å².